The predicted octanol–water partition coefficient (Wildman–Crippen LogP) is 5.16. The van der Waals surface area contributed by atoms with E-state index < -0.39 is 0 Å². The summed E-state index contributed by atoms with van der Waals surface area (Å²) in [6.45, 7) is 0. The SMILES string of the molecule is Oc1ccc(C=Nc2ccc(Br)c(Cl)c2)cc1I. The zero-order valence-corrected chi connectivity index (χ0v) is 13.6. The Morgan fingerprint density at radius 1 is 1.22 bits per heavy atom. The largest absolute Gasteiger partial charge is 0.507 e. The van der Waals surface area contributed by atoms with Gasteiger partial charge in [0.05, 0.1) is 14.3 Å². The zero-order valence-electron chi connectivity index (χ0n) is 9.07. The third kappa shape index (κ3) is 3.46. The summed E-state index contributed by atoms with van der Waals surface area (Å²) < 4.78 is 1.65. The minimum Gasteiger partial charge on any atom is -0.507 e. The molecule has 0 heterocycles. The highest BCUT2D eigenvalue weighted by Gasteiger charge is 1.99. The number of rotatable bonds is 2. The Morgan fingerprint density at radius 2 is 2.00 bits per heavy atom. The van der Waals surface area contributed by atoms with Gasteiger partial charge in [-0.15, -0.1) is 0 Å². The standard InChI is InChI=1S/C13H8BrClINO/c14-10-3-2-9(6-11(10)15)17-7-8-1-4-13(18)12(16)5-8/h1-7,18H. The van der Waals surface area contributed by atoms with E-state index in [0.29, 0.717) is 5.02 Å². The summed E-state index contributed by atoms with van der Waals surface area (Å²) in [5.74, 6) is 0.277. The number of hydrogen-bond acceptors (Lipinski definition) is 2. The normalized spacial score (nSPS) is 11.1. The second-order valence-corrected chi connectivity index (χ2v) is 5.99. The molecule has 0 spiro atoms. The van der Waals surface area contributed by atoms with Crippen molar-refractivity contribution in [2.45, 2.75) is 0 Å². The van der Waals surface area contributed by atoms with E-state index in [1.54, 1.807) is 18.3 Å². The van der Waals surface area contributed by atoms with Gasteiger partial charge >= 0.3 is 0 Å². The number of hydrogen-bond donors (Lipinski definition) is 1. The van der Waals surface area contributed by atoms with E-state index in [-0.39, 0.29) is 5.75 Å². The summed E-state index contributed by atoms with van der Waals surface area (Å²) in [6.07, 6.45) is 1.74. The maximum atomic E-state index is 9.42. The Labute approximate surface area is 132 Å². The second kappa shape index (κ2) is 6.04. The van der Waals surface area contributed by atoms with Crippen LogP contribution in [0, 0.1) is 3.57 Å². The van der Waals surface area contributed by atoms with Crippen molar-refractivity contribution in [1.29, 1.82) is 0 Å². The molecular formula is C13H8BrClINO. The summed E-state index contributed by atoms with van der Waals surface area (Å²) in [5.41, 5.74) is 1.71. The molecule has 1 N–H and O–H groups in total. The lowest BCUT2D eigenvalue weighted by atomic mass is 10.2. The van der Waals surface area contributed by atoms with E-state index in [1.807, 2.05) is 24.3 Å². The van der Waals surface area contributed by atoms with Crippen molar-refractivity contribution >= 4 is 62.0 Å². The minimum atomic E-state index is 0.277. The Hall–Kier alpha value is -0.590. The molecule has 2 aromatic rings. The maximum Gasteiger partial charge on any atom is 0.128 e. The third-order valence-corrected chi connectivity index (χ3v) is 4.33. The summed E-state index contributed by atoms with van der Waals surface area (Å²) in [6, 6.07) is 10.8. The quantitative estimate of drug-likeness (QED) is 0.512. The van der Waals surface area contributed by atoms with Crippen LogP contribution in [0.1, 0.15) is 5.56 Å². The fourth-order valence-electron chi connectivity index (χ4n) is 1.32. The number of aromatic hydroxyl groups is 1. The molecule has 0 atom stereocenters. The molecular weight excluding hydrogens is 428 g/mol. The second-order valence-electron chi connectivity index (χ2n) is 3.57. The van der Waals surface area contributed by atoms with Crippen LogP contribution in [0.2, 0.25) is 5.02 Å². The van der Waals surface area contributed by atoms with Crippen molar-refractivity contribution in [3.63, 3.8) is 0 Å². The fourth-order valence-corrected chi connectivity index (χ4v) is 2.28. The van der Waals surface area contributed by atoms with E-state index >= 15 is 0 Å². The summed E-state index contributed by atoms with van der Waals surface area (Å²) in [7, 11) is 0. The summed E-state index contributed by atoms with van der Waals surface area (Å²) >= 11 is 11.4. The lowest BCUT2D eigenvalue weighted by Gasteiger charge is -1.99. The molecule has 0 bridgehead atoms. The number of phenolic OH excluding ortho intramolecular Hbond substituents is 1. The van der Waals surface area contributed by atoms with Crippen molar-refractivity contribution in [2.75, 3.05) is 0 Å². The molecule has 0 amide bonds. The number of phenols is 1. The van der Waals surface area contributed by atoms with E-state index in [0.717, 1.165) is 19.3 Å². The number of nitrogens with zero attached hydrogens (tertiary/aromatic N) is 1. The van der Waals surface area contributed by atoms with Crippen LogP contribution < -0.4 is 0 Å². The Kier molecular flexibility index (Phi) is 4.64. The van der Waals surface area contributed by atoms with Gasteiger partial charge in [-0.2, -0.15) is 0 Å². The van der Waals surface area contributed by atoms with Gasteiger partial charge in [0.15, 0.2) is 0 Å². The molecule has 0 aliphatic carbocycles. The first-order valence-corrected chi connectivity index (χ1v) is 7.29. The van der Waals surface area contributed by atoms with Gasteiger partial charge in [0.25, 0.3) is 0 Å². The van der Waals surface area contributed by atoms with Gasteiger partial charge in [0, 0.05) is 10.7 Å². The van der Waals surface area contributed by atoms with Crippen LogP contribution in [-0.4, -0.2) is 11.3 Å². The van der Waals surface area contributed by atoms with Crippen LogP contribution in [0.25, 0.3) is 0 Å². The van der Waals surface area contributed by atoms with E-state index in [1.165, 1.54) is 0 Å². The molecule has 0 aromatic heterocycles. The topological polar surface area (TPSA) is 32.6 Å². The Bertz CT molecular complexity index is 562. The summed E-state index contributed by atoms with van der Waals surface area (Å²) in [4.78, 5) is 4.33. The third-order valence-electron chi connectivity index (χ3n) is 2.24. The first-order chi connectivity index (χ1) is 8.56. The lowest BCUT2D eigenvalue weighted by molar-refractivity contribution is 0.471. The zero-order chi connectivity index (χ0) is 13.1. The van der Waals surface area contributed by atoms with E-state index in [9.17, 15) is 5.11 Å². The van der Waals surface area contributed by atoms with Crippen molar-refractivity contribution in [3.05, 3.63) is 55.0 Å². The van der Waals surface area contributed by atoms with Gasteiger partial charge in [0.1, 0.15) is 5.75 Å². The van der Waals surface area contributed by atoms with Crippen molar-refractivity contribution in [3.8, 4) is 5.75 Å². The van der Waals surface area contributed by atoms with Gasteiger partial charge in [0.2, 0.25) is 0 Å². The molecule has 2 rings (SSSR count). The highest BCUT2D eigenvalue weighted by atomic mass is 127. The predicted molar refractivity (Wildman–Crippen MR) is 87.2 cm³/mol. The number of benzene rings is 2. The number of halogens is 3. The Morgan fingerprint density at radius 3 is 2.67 bits per heavy atom. The van der Waals surface area contributed by atoms with Gasteiger partial charge in [-0.3, -0.25) is 4.99 Å². The number of aliphatic imine (C=N–C) groups is 1. The summed E-state index contributed by atoms with van der Waals surface area (Å²) in [5, 5.41) is 10.1. The van der Waals surface area contributed by atoms with Crippen LogP contribution in [0.3, 0.4) is 0 Å². The van der Waals surface area contributed by atoms with Gasteiger partial charge in [-0.05, 0) is 80.5 Å². The van der Waals surface area contributed by atoms with Crippen LogP contribution in [0.5, 0.6) is 5.75 Å². The molecule has 92 valence electrons. The van der Waals surface area contributed by atoms with Gasteiger partial charge in [-0.1, -0.05) is 11.6 Å². The fraction of sp³-hybridized carbons (Fsp3) is 0. The van der Waals surface area contributed by atoms with Crippen LogP contribution >= 0.6 is 50.1 Å². The maximum absolute atomic E-state index is 9.42. The molecule has 0 saturated heterocycles. The van der Waals surface area contributed by atoms with Crippen LogP contribution in [-0.2, 0) is 0 Å². The monoisotopic (exact) mass is 435 g/mol. The average molecular weight is 436 g/mol. The minimum absolute atomic E-state index is 0.277. The smallest absolute Gasteiger partial charge is 0.128 e. The highest BCUT2D eigenvalue weighted by Crippen LogP contribution is 2.27. The molecule has 5 heteroatoms. The molecule has 0 radical (unpaired) electrons. The molecule has 2 aromatic carbocycles. The highest BCUT2D eigenvalue weighted by molar-refractivity contribution is 14.1. The van der Waals surface area contributed by atoms with Crippen molar-refractivity contribution in [1.82, 2.24) is 0 Å². The molecule has 0 unspecified atom stereocenters. The Balaban J connectivity index is 2.24. The lowest BCUT2D eigenvalue weighted by Crippen LogP contribution is -1.82. The van der Waals surface area contributed by atoms with Crippen LogP contribution in [0.4, 0.5) is 5.69 Å². The average Bonchev–Trinajstić information content (AvgIpc) is 2.35. The van der Waals surface area contributed by atoms with E-state index in [4.69, 9.17) is 11.6 Å². The van der Waals surface area contributed by atoms with Crippen LogP contribution in [0.15, 0.2) is 45.9 Å². The first kappa shape index (κ1) is 13.8. The van der Waals surface area contributed by atoms with Crippen molar-refractivity contribution in [2.24, 2.45) is 4.99 Å². The molecule has 0 aliphatic heterocycles. The molecule has 18 heavy (non-hydrogen) atoms. The molecule has 2 nitrogen and oxygen atoms in total. The molecule has 0 aliphatic rings. The van der Waals surface area contributed by atoms with E-state index in [2.05, 4.69) is 43.5 Å². The van der Waals surface area contributed by atoms with Crippen molar-refractivity contribution < 1.29 is 5.11 Å². The van der Waals surface area contributed by atoms with Gasteiger partial charge < -0.3 is 5.11 Å². The molecule has 0 saturated carbocycles. The van der Waals surface area contributed by atoms with Gasteiger partial charge in [-0.25, -0.2) is 0 Å². The first-order valence-electron chi connectivity index (χ1n) is 5.04. The molecule has 0 fully saturated rings.